The van der Waals surface area contributed by atoms with Gasteiger partial charge >= 0.3 is 0 Å². The molecule has 20 heavy (non-hydrogen) atoms. The molecule has 0 aromatic rings. The van der Waals surface area contributed by atoms with E-state index in [1.807, 2.05) is 32.1 Å². The molecule has 1 aliphatic heterocycles. The first-order chi connectivity index (χ1) is 9.67. The van der Waals surface area contributed by atoms with Gasteiger partial charge in [0, 0.05) is 37.4 Å². The van der Waals surface area contributed by atoms with Gasteiger partial charge in [-0.2, -0.15) is 0 Å². The van der Waals surface area contributed by atoms with Gasteiger partial charge < -0.3 is 15.5 Å². The molecule has 1 rings (SSSR count). The zero-order valence-electron chi connectivity index (χ0n) is 13.4. The van der Waals surface area contributed by atoms with Crippen molar-refractivity contribution in [3.63, 3.8) is 0 Å². The first kappa shape index (κ1) is 18.5. The maximum absolute atomic E-state index is 5.85. The number of hydrogen-bond donors (Lipinski definition) is 1. The Bertz CT molecular complexity index is 342. The van der Waals surface area contributed by atoms with Crippen LogP contribution in [0.5, 0.6) is 0 Å². The van der Waals surface area contributed by atoms with Gasteiger partial charge in [-0.3, -0.25) is 0 Å². The summed E-state index contributed by atoms with van der Waals surface area (Å²) >= 11 is 0. The zero-order valence-corrected chi connectivity index (χ0v) is 13.4. The Hall–Kier alpha value is -1.48. The summed E-state index contributed by atoms with van der Waals surface area (Å²) in [7, 11) is 2.17. The van der Waals surface area contributed by atoms with Crippen molar-refractivity contribution < 1.29 is 0 Å². The number of rotatable bonds is 5. The summed E-state index contributed by atoms with van der Waals surface area (Å²) in [5.41, 5.74) is 7.83. The lowest BCUT2D eigenvalue weighted by Crippen LogP contribution is -2.27. The van der Waals surface area contributed by atoms with Crippen molar-refractivity contribution in [3.05, 3.63) is 48.9 Å². The number of likely N-dealkylation sites (N-methyl/N-ethyl adjacent to an activating group) is 1. The molecule has 1 fully saturated rings. The van der Waals surface area contributed by atoms with Crippen LogP contribution in [0.2, 0.25) is 0 Å². The van der Waals surface area contributed by atoms with Crippen LogP contribution in [-0.4, -0.2) is 43.0 Å². The fraction of sp³-hybridized carbons (Fsp3) is 0.529. The lowest BCUT2D eigenvalue weighted by molar-refractivity contribution is 0.330. The molecule has 0 spiro atoms. The van der Waals surface area contributed by atoms with Crippen molar-refractivity contribution in [1.29, 1.82) is 0 Å². The summed E-state index contributed by atoms with van der Waals surface area (Å²) in [5.74, 6) is 0. The standard InChI is InChI=1S/C15H25N3.C2H6/c1-4-7-14(16)8-9-15(5-2)18-11-6-10-17(3)12-13-18;1-2/h4-5,8-9H,1-2,6-7,10-13,16H2,3H3;1-2H3/b14-8+,15-9+;. The fourth-order valence-corrected chi connectivity index (χ4v) is 2.03. The lowest BCUT2D eigenvalue weighted by atomic mass is 10.2. The second kappa shape index (κ2) is 11.4. The van der Waals surface area contributed by atoms with Gasteiger partial charge in [0.2, 0.25) is 0 Å². The van der Waals surface area contributed by atoms with Crippen LogP contribution in [0.4, 0.5) is 0 Å². The second-order valence-corrected chi connectivity index (χ2v) is 4.67. The number of nitrogens with two attached hydrogens (primary N) is 1. The third kappa shape index (κ3) is 7.19. The van der Waals surface area contributed by atoms with E-state index in [1.165, 1.54) is 6.42 Å². The van der Waals surface area contributed by atoms with Gasteiger partial charge in [-0.05, 0) is 38.2 Å². The van der Waals surface area contributed by atoms with E-state index in [0.29, 0.717) is 0 Å². The van der Waals surface area contributed by atoms with E-state index >= 15 is 0 Å². The smallest absolute Gasteiger partial charge is 0.0361 e. The Labute approximate surface area is 125 Å². The normalized spacial score (nSPS) is 17.9. The topological polar surface area (TPSA) is 32.5 Å². The minimum atomic E-state index is 0.726. The summed E-state index contributed by atoms with van der Waals surface area (Å²) in [6.07, 6.45) is 9.64. The maximum atomic E-state index is 5.85. The Morgan fingerprint density at radius 3 is 2.40 bits per heavy atom. The highest BCUT2D eigenvalue weighted by Crippen LogP contribution is 2.11. The third-order valence-electron chi connectivity index (χ3n) is 3.14. The summed E-state index contributed by atoms with van der Waals surface area (Å²) in [6, 6.07) is 0. The molecule has 0 aliphatic carbocycles. The van der Waals surface area contributed by atoms with E-state index in [-0.39, 0.29) is 0 Å². The van der Waals surface area contributed by atoms with E-state index in [2.05, 4.69) is 36.1 Å². The molecular weight excluding hydrogens is 246 g/mol. The van der Waals surface area contributed by atoms with Crippen molar-refractivity contribution in [1.82, 2.24) is 9.80 Å². The van der Waals surface area contributed by atoms with Gasteiger partial charge in [-0.25, -0.2) is 0 Å². The Balaban J connectivity index is 0.00000172. The van der Waals surface area contributed by atoms with E-state index in [1.54, 1.807) is 0 Å². The second-order valence-electron chi connectivity index (χ2n) is 4.67. The SMILES string of the molecule is C=CC/C(N)=C\C=C(/C=C)N1CCCN(C)CC1.CC. The molecule has 1 aliphatic rings. The quantitative estimate of drug-likeness (QED) is 0.619. The number of allylic oxidation sites excluding steroid dienone is 4. The van der Waals surface area contributed by atoms with Gasteiger partial charge in [0.05, 0.1) is 0 Å². The number of hydrogen-bond acceptors (Lipinski definition) is 3. The summed E-state index contributed by atoms with van der Waals surface area (Å²) in [5, 5.41) is 0. The molecule has 0 atom stereocenters. The van der Waals surface area contributed by atoms with Gasteiger partial charge in [0.25, 0.3) is 0 Å². The molecule has 114 valence electrons. The lowest BCUT2D eigenvalue weighted by Gasteiger charge is -2.23. The summed E-state index contributed by atoms with van der Waals surface area (Å²) in [6.45, 7) is 16.0. The molecule has 1 heterocycles. The molecule has 0 radical (unpaired) electrons. The van der Waals surface area contributed by atoms with Crippen LogP contribution in [0.1, 0.15) is 26.7 Å². The third-order valence-corrected chi connectivity index (χ3v) is 3.14. The monoisotopic (exact) mass is 277 g/mol. The molecule has 1 saturated heterocycles. The Morgan fingerprint density at radius 2 is 1.80 bits per heavy atom. The largest absolute Gasteiger partial charge is 0.402 e. The van der Waals surface area contributed by atoms with Gasteiger partial charge in [-0.15, -0.1) is 6.58 Å². The molecular formula is C17H31N3. The minimum absolute atomic E-state index is 0.726. The molecule has 0 amide bonds. The molecule has 0 unspecified atom stereocenters. The van der Waals surface area contributed by atoms with Crippen LogP contribution in [0, 0.1) is 0 Å². The highest BCUT2D eigenvalue weighted by molar-refractivity contribution is 5.24. The van der Waals surface area contributed by atoms with E-state index in [4.69, 9.17) is 5.73 Å². The first-order valence-corrected chi connectivity index (χ1v) is 7.50. The maximum Gasteiger partial charge on any atom is 0.0361 e. The molecule has 3 heteroatoms. The summed E-state index contributed by atoms with van der Waals surface area (Å²) in [4.78, 5) is 4.73. The van der Waals surface area contributed by atoms with E-state index < -0.39 is 0 Å². The molecule has 2 N–H and O–H groups in total. The Morgan fingerprint density at radius 1 is 1.10 bits per heavy atom. The fourth-order valence-electron chi connectivity index (χ4n) is 2.03. The van der Waals surface area contributed by atoms with Crippen molar-refractivity contribution in [3.8, 4) is 0 Å². The molecule has 0 bridgehead atoms. The highest BCUT2D eigenvalue weighted by Gasteiger charge is 2.12. The average Bonchev–Trinajstić information content (AvgIpc) is 2.67. The molecule has 0 aromatic carbocycles. The van der Waals surface area contributed by atoms with Crippen molar-refractivity contribution >= 4 is 0 Å². The zero-order chi connectivity index (χ0) is 15.4. The predicted octanol–water partition coefficient (Wildman–Crippen LogP) is 3.14. The molecule has 0 aromatic heterocycles. The van der Waals surface area contributed by atoms with Gasteiger partial charge in [0.15, 0.2) is 0 Å². The van der Waals surface area contributed by atoms with Crippen LogP contribution in [0.15, 0.2) is 48.9 Å². The van der Waals surface area contributed by atoms with Crippen LogP contribution >= 0.6 is 0 Å². The molecule has 3 nitrogen and oxygen atoms in total. The average molecular weight is 277 g/mol. The van der Waals surface area contributed by atoms with Crippen molar-refractivity contribution in [2.75, 3.05) is 33.2 Å². The van der Waals surface area contributed by atoms with Crippen LogP contribution in [0.25, 0.3) is 0 Å². The van der Waals surface area contributed by atoms with Gasteiger partial charge in [-0.1, -0.05) is 26.5 Å². The van der Waals surface area contributed by atoms with E-state index in [9.17, 15) is 0 Å². The molecule has 0 saturated carbocycles. The van der Waals surface area contributed by atoms with Crippen LogP contribution in [-0.2, 0) is 0 Å². The highest BCUT2D eigenvalue weighted by atomic mass is 15.2. The van der Waals surface area contributed by atoms with Crippen LogP contribution < -0.4 is 5.73 Å². The van der Waals surface area contributed by atoms with Gasteiger partial charge in [0.1, 0.15) is 0 Å². The minimum Gasteiger partial charge on any atom is -0.402 e. The van der Waals surface area contributed by atoms with Crippen LogP contribution in [0.3, 0.4) is 0 Å². The van der Waals surface area contributed by atoms with Crippen molar-refractivity contribution in [2.45, 2.75) is 26.7 Å². The van der Waals surface area contributed by atoms with E-state index in [0.717, 1.165) is 44.0 Å². The predicted molar refractivity (Wildman–Crippen MR) is 90.4 cm³/mol. The number of nitrogens with zero attached hydrogens (tertiary/aromatic N) is 2. The van der Waals surface area contributed by atoms with Crippen molar-refractivity contribution in [2.24, 2.45) is 5.73 Å². The first-order valence-electron chi connectivity index (χ1n) is 7.50. The Kier molecular flexibility index (Phi) is 10.5. The summed E-state index contributed by atoms with van der Waals surface area (Å²) < 4.78 is 0.